The van der Waals surface area contributed by atoms with Crippen LogP contribution < -0.4 is 4.72 Å². The Kier molecular flexibility index (Phi) is 3.45. The Morgan fingerprint density at radius 2 is 2.14 bits per heavy atom. The molecule has 0 amide bonds. The molecule has 14 heavy (non-hydrogen) atoms. The van der Waals surface area contributed by atoms with Gasteiger partial charge in [-0.1, -0.05) is 0 Å². The van der Waals surface area contributed by atoms with Crippen molar-refractivity contribution in [3.8, 4) is 0 Å². The summed E-state index contributed by atoms with van der Waals surface area (Å²) in [7, 11) is 1.57. The number of hydrogen-bond donors (Lipinski definition) is 1. The van der Waals surface area contributed by atoms with Gasteiger partial charge in [0.15, 0.2) is 4.90 Å². The van der Waals surface area contributed by atoms with Crippen LogP contribution in [-0.4, -0.2) is 16.5 Å². The van der Waals surface area contributed by atoms with Crippen LogP contribution in [0.5, 0.6) is 0 Å². The van der Waals surface area contributed by atoms with Gasteiger partial charge < -0.3 is 4.55 Å². The van der Waals surface area contributed by atoms with Gasteiger partial charge in [-0.2, -0.15) is 0 Å². The Hall–Kier alpha value is -1.11. The summed E-state index contributed by atoms with van der Waals surface area (Å²) >= 11 is -1.30. The molecule has 0 aliphatic heterocycles. The van der Waals surface area contributed by atoms with Gasteiger partial charge in [-0.3, -0.25) is 10.1 Å². The molecule has 1 rings (SSSR count). The molecule has 1 N–H and O–H groups in total. The van der Waals surface area contributed by atoms with Crippen LogP contribution >= 0.6 is 0 Å². The molecule has 5 nitrogen and oxygen atoms in total. The maximum absolute atomic E-state index is 11.3. The maximum Gasteiger partial charge on any atom is 0.270 e. The second-order valence-electron chi connectivity index (χ2n) is 2.68. The molecule has 0 spiro atoms. The van der Waals surface area contributed by atoms with Gasteiger partial charge in [0.2, 0.25) is 0 Å². The van der Waals surface area contributed by atoms with E-state index in [2.05, 4.69) is 4.72 Å². The van der Waals surface area contributed by atoms with Crippen molar-refractivity contribution in [1.29, 1.82) is 0 Å². The lowest BCUT2D eigenvalue weighted by Crippen LogP contribution is -2.19. The smallest absolute Gasteiger partial charge is 0.270 e. The van der Waals surface area contributed by atoms with Gasteiger partial charge in [0.1, 0.15) is 0 Å². The highest BCUT2D eigenvalue weighted by Gasteiger charge is 2.15. The first-order valence-corrected chi connectivity index (χ1v) is 5.05. The highest BCUT2D eigenvalue weighted by Crippen LogP contribution is 2.20. The van der Waals surface area contributed by atoms with Gasteiger partial charge in [-0.25, -0.2) is 0 Å². The van der Waals surface area contributed by atoms with Crippen molar-refractivity contribution >= 4 is 17.0 Å². The number of non-ortho nitro benzene ring substituents is 1. The predicted octanol–water partition coefficient (Wildman–Crippen LogP) is 1.15. The van der Waals surface area contributed by atoms with E-state index in [1.165, 1.54) is 18.2 Å². The van der Waals surface area contributed by atoms with E-state index in [9.17, 15) is 14.7 Å². The summed E-state index contributed by atoms with van der Waals surface area (Å²) in [5, 5.41) is 10.4. The Morgan fingerprint density at radius 1 is 1.50 bits per heavy atom. The SMILES string of the molecule is CN[S+]([O-])c1ccc([N+](=O)[O-])cc1C. The first-order chi connectivity index (χ1) is 6.56. The molecule has 1 unspecified atom stereocenters. The molecule has 1 aromatic carbocycles. The summed E-state index contributed by atoms with van der Waals surface area (Å²) in [4.78, 5) is 10.5. The largest absolute Gasteiger partial charge is 0.593 e. The van der Waals surface area contributed by atoms with Gasteiger partial charge in [-0.15, -0.1) is 4.72 Å². The van der Waals surface area contributed by atoms with Crippen LogP contribution in [0.1, 0.15) is 5.56 Å². The summed E-state index contributed by atoms with van der Waals surface area (Å²) in [5.74, 6) is 0. The summed E-state index contributed by atoms with van der Waals surface area (Å²) < 4.78 is 13.9. The number of benzene rings is 1. The molecular formula is C8H10N2O3S. The van der Waals surface area contributed by atoms with Crippen molar-refractivity contribution in [2.24, 2.45) is 0 Å². The van der Waals surface area contributed by atoms with Gasteiger partial charge in [0.05, 0.1) is 16.3 Å². The Labute approximate surface area is 84.6 Å². The van der Waals surface area contributed by atoms with Crippen LogP contribution in [0.25, 0.3) is 0 Å². The minimum atomic E-state index is -1.30. The van der Waals surface area contributed by atoms with E-state index in [0.29, 0.717) is 10.5 Å². The second kappa shape index (κ2) is 4.41. The van der Waals surface area contributed by atoms with Crippen LogP contribution in [-0.2, 0) is 11.4 Å². The molecule has 0 saturated carbocycles. The molecule has 0 bridgehead atoms. The molecular weight excluding hydrogens is 204 g/mol. The van der Waals surface area contributed by atoms with E-state index in [0.717, 1.165) is 0 Å². The third-order valence-corrected chi connectivity index (χ3v) is 2.98. The van der Waals surface area contributed by atoms with Crippen molar-refractivity contribution < 1.29 is 9.48 Å². The fraction of sp³-hybridized carbons (Fsp3) is 0.250. The fourth-order valence-electron chi connectivity index (χ4n) is 1.07. The molecule has 0 heterocycles. The predicted molar refractivity (Wildman–Crippen MR) is 53.3 cm³/mol. The molecule has 0 aliphatic carbocycles. The number of aryl methyl sites for hydroxylation is 1. The van der Waals surface area contributed by atoms with Gasteiger partial charge in [0.25, 0.3) is 5.69 Å². The van der Waals surface area contributed by atoms with Crippen molar-refractivity contribution in [2.75, 3.05) is 7.05 Å². The lowest BCUT2D eigenvalue weighted by atomic mass is 10.2. The quantitative estimate of drug-likeness (QED) is 0.465. The first kappa shape index (κ1) is 11.0. The zero-order chi connectivity index (χ0) is 10.7. The molecule has 0 radical (unpaired) electrons. The average molecular weight is 214 g/mol. The maximum atomic E-state index is 11.3. The molecule has 0 aliphatic rings. The Morgan fingerprint density at radius 3 is 2.57 bits per heavy atom. The lowest BCUT2D eigenvalue weighted by Gasteiger charge is -2.08. The molecule has 76 valence electrons. The zero-order valence-electron chi connectivity index (χ0n) is 7.81. The molecule has 1 atom stereocenters. The van der Waals surface area contributed by atoms with Crippen LogP contribution in [0.2, 0.25) is 0 Å². The van der Waals surface area contributed by atoms with Crippen LogP contribution in [0.15, 0.2) is 23.1 Å². The summed E-state index contributed by atoms with van der Waals surface area (Å²) in [6, 6.07) is 4.25. The highest BCUT2D eigenvalue weighted by molar-refractivity contribution is 7.89. The van der Waals surface area contributed by atoms with Crippen molar-refractivity contribution in [1.82, 2.24) is 4.72 Å². The first-order valence-electron chi connectivity index (χ1n) is 3.90. The van der Waals surface area contributed by atoms with E-state index >= 15 is 0 Å². The second-order valence-corrected chi connectivity index (χ2v) is 4.07. The summed E-state index contributed by atoms with van der Waals surface area (Å²) in [5.41, 5.74) is 0.659. The molecule has 0 fully saturated rings. The summed E-state index contributed by atoms with van der Waals surface area (Å²) in [6.45, 7) is 1.69. The van der Waals surface area contributed by atoms with E-state index in [-0.39, 0.29) is 5.69 Å². The Bertz CT molecular complexity index is 356. The monoisotopic (exact) mass is 214 g/mol. The number of nitro groups is 1. The number of nitro benzene ring substituents is 1. The van der Waals surface area contributed by atoms with E-state index in [1.807, 2.05) is 0 Å². The number of nitrogens with zero attached hydrogens (tertiary/aromatic N) is 1. The molecule has 1 aromatic rings. The Balaban J connectivity index is 3.07. The van der Waals surface area contributed by atoms with Crippen molar-refractivity contribution in [3.05, 3.63) is 33.9 Å². The molecule has 0 saturated heterocycles. The molecule has 6 heteroatoms. The minimum absolute atomic E-state index is 0.0133. The number of hydrogen-bond acceptors (Lipinski definition) is 4. The van der Waals surface area contributed by atoms with E-state index in [4.69, 9.17) is 0 Å². The van der Waals surface area contributed by atoms with E-state index in [1.54, 1.807) is 14.0 Å². The van der Waals surface area contributed by atoms with Gasteiger partial charge in [0, 0.05) is 30.8 Å². The average Bonchev–Trinajstić information content (AvgIpc) is 2.16. The van der Waals surface area contributed by atoms with Crippen molar-refractivity contribution in [3.63, 3.8) is 0 Å². The number of rotatable bonds is 3. The lowest BCUT2D eigenvalue weighted by molar-refractivity contribution is -0.385. The van der Waals surface area contributed by atoms with Crippen LogP contribution in [0, 0.1) is 17.0 Å². The van der Waals surface area contributed by atoms with E-state index < -0.39 is 16.3 Å². The third-order valence-electron chi connectivity index (χ3n) is 1.75. The fourth-order valence-corrected chi connectivity index (χ4v) is 1.83. The normalized spacial score (nSPS) is 12.5. The standard InChI is InChI=1S/C8H10N2O3S/c1-6-5-7(10(11)12)3-4-8(6)14(13)9-2/h3-5,9H,1-2H3. The van der Waals surface area contributed by atoms with Gasteiger partial charge in [-0.05, 0) is 6.92 Å². The van der Waals surface area contributed by atoms with Gasteiger partial charge >= 0.3 is 0 Å². The summed E-state index contributed by atoms with van der Waals surface area (Å²) in [6.07, 6.45) is 0. The number of nitrogens with one attached hydrogen (secondary N) is 1. The minimum Gasteiger partial charge on any atom is -0.593 e. The van der Waals surface area contributed by atoms with Crippen LogP contribution in [0.4, 0.5) is 5.69 Å². The zero-order valence-corrected chi connectivity index (χ0v) is 8.63. The van der Waals surface area contributed by atoms with Crippen molar-refractivity contribution in [2.45, 2.75) is 11.8 Å². The van der Waals surface area contributed by atoms with Crippen LogP contribution in [0.3, 0.4) is 0 Å². The third kappa shape index (κ3) is 2.22. The molecule has 0 aromatic heterocycles. The topological polar surface area (TPSA) is 78.2 Å². The highest BCUT2D eigenvalue weighted by atomic mass is 32.2.